The van der Waals surface area contributed by atoms with Gasteiger partial charge in [-0.1, -0.05) is 29.8 Å². The van der Waals surface area contributed by atoms with Crippen LogP contribution in [0, 0.1) is 0 Å². The van der Waals surface area contributed by atoms with E-state index in [4.69, 9.17) is 16.3 Å². The minimum atomic E-state index is -1.22. The summed E-state index contributed by atoms with van der Waals surface area (Å²) >= 11 is 6.08. The summed E-state index contributed by atoms with van der Waals surface area (Å²) in [5, 5.41) is 11.6. The van der Waals surface area contributed by atoms with Crippen LogP contribution in [0.15, 0.2) is 48.0 Å². The van der Waals surface area contributed by atoms with Gasteiger partial charge in [-0.3, -0.25) is 14.9 Å². The van der Waals surface area contributed by atoms with E-state index in [0.29, 0.717) is 0 Å². The second-order valence-corrected chi connectivity index (χ2v) is 6.31. The molecule has 1 fully saturated rings. The lowest BCUT2D eigenvalue weighted by Gasteiger charge is -2.27. The zero-order chi connectivity index (χ0) is 21.1. The van der Waals surface area contributed by atoms with E-state index in [0.717, 1.165) is 4.90 Å². The average Bonchev–Trinajstić information content (AvgIpc) is 2.67. The van der Waals surface area contributed by atoms with Gasteiger partial charge in [-0.15, -0.1) is 0 Å². The second-order valence-electron chi connectivity index (χ2n) is 5.90. The highest BCUT2D eigenvalue weighted by molar-refractivity contribution is 6.42. The first-order chi connectivity index (χ1) is 13.8. The molecule has 4 amide bonds. The molecular weight excluding hydrogens is 400 g/mol. The van der Waals surface area contributed by atoms with E-state index in [2.05, 4.69) is 5.32 Å². The van der Waals surface area contributed by atoms with Crippen molar-refractivity contribution in [2.75, 3.05) is 11.5 Å². The number of aromatic carboxylic acids is 1. The largest absolute Gasteiger partial charge is 0.493 e. The number of halogens is 1. The molecule has 1 heterocycles. The number of anilines is 1. The van der Waals surface area contributed by atoms with Crippen LogP contribution in [0.2, 0.25) is 5.02 Å². The summed E-state index contributed by atoms with van der Waals surface area (Å²) in [6, 6.07) is 9.47. The number of imide groups is 2. The van der Waals surface area contributed by atoms with Gasteiger partial charge in [-0.05, 0) is 42.8 Å². The Kier molecular flexibility index (Phi) is 5.65. The molecule has 1 aliphatic heterocycles. The maximum absolute atomic E-state index is 12.9. The number of urea groups is 1. The van der Waals surface area contributed by atoms with E-state index >= 15 is 0 Å². The summed E-state index contributed by atoms with van der Waals surface area (Å²) in [4.78, 5) is 49.6. The molecule has 3 rings (SSSR count). The molecule has 148 valence electrons. The number of benzene rings is 2. The number of carbonyl (C=O) groups excluding carboxylic acids is 3. The van der Waals surface area contributed by atoms with Crippen molar-refractivity contribution in [1.29, 1.82) is 0 Å². The first-order valence-electron chi connectivity index (χ1n) is 8.49. The molecule has 0 saturated carbocycles. The number of carbonyl (C=O) groups is 4. The summed E-state index contributed by atoms with van der Waals surface area (Å²) in [6.07, 6.45) is 1.20. The van der Waals surface area contributed by atoms with Gasteiger partial charge >= 0.3 is 12.0 Å². The van der Waals surface area contributed by atoms with Crippen molar-refractivity contribution in [3.63, 3.8) is 0 Å². The number of barbiturate groups is 1. The van der Waals surface area contributed by atoms with E-state index in [-0.39, 0.29) is 39.8 Å². The molecule has 29 heavy (non-hydrogen) atoms. The molecule has 0 aliphatic carbocycles. The summed E-state index contributed by atoms with van der Waals surface area (Å²) in [7, 11) is 0. The van der Waals surface area contributed by atoms with Gasteiger partial charge in [0.1, 0.15) is 16.9 Å². The van der Waals surface area contributed by atoms with Gasteiger partial charge in [0.05, 0.1) is 17.3 Å². The minimum Gasteiger partial charge on any atom is -0.493 e. The van der Waals surface area contributed by atoms with E-state index < -0.39 is 23.8 Å². The van der Waals surface area contributed by atoms with Gasteiger partial charge in [0.15, 0.2) is 0 Å². The van der Waals surface area contributed by atoms with E-state index in [1.807, 2.05) is 0 Å². The Labute approximate surface area is 170 Å². The number of hydrogen-bond acceptors (Lipinski definition) is 5. The normalized spacial score (nSPS) is 15.4. The predicted octanol–water partition coefficient (Wildman–Crippen LogP) is 3.10. The van der Waals surface area contributed by atoms with Crippen LogP contribution in [-0.4, -0.2) is 35.5 Å². The number of para-hydroxylation sites is 1. The third-order valence-electron chi connectivity index (χ3n) is 4.04. The first-order valence-corrected chi connectivity index (χ1v) is 8.87. The predicted molar refractivity (Wildman–Crippen MR) is 105 cm³/mol. The van der Waals surface area contributed by atoms with Crippen LogP contribution in [0.3, 0.4) is 0 Å². The Morgan fingerprint density at radius 3 is 2.59 bits per heavy atom. The molecule has 9 heteroatoms. The molecule has 2 N–H and O–H groups in total. The highest BCUT2D eigenvalue weighted by Crippen LogP contribution is 2.29. The topological polar surface area (TPSA) is 113 Å². The molecule has 8 nitrogen and oxygen atoms in total. The molecule has 1 saturated heterocycles. The summed E-state index contributed by atoms with van der Waals surface area (Å²) in [6.45, 7) is 1.99. The average molecular weight is 415 g/mol. The quantitative estimate of drug-likeness (QED) is 0.574. The van der Waals surface area contributed by atoms with Gasteiger partial charge in [0.25, 0.3) is 11.8 Å². The standard InChI is InChI=1S/C20H15ClN2O6/c1-2-29-16-8-7-11(9-12(16)19(26)27)10-13-17(24)22-20(28)23(18(13)25)15-6-4-3-5-14(15)21/h3-10H,2H2,1H3,(H,26,27)(H,22,24,28). The van der Waals surface area contributed by atoms with Crippen LogP contribution in [0.4, 0.5) is 10.5 Å². The van der Waals surface area contributed by atoms with Gasteiger partial charge in [-0.25, -0.2) is 14.5 Å². The Hall–Kier alpha value is -3.65. The molecule has 0 aromatic heterocycles. The number of ether oxygens (including phenoxy) is 1. The fraction of sp³-hybridized carbons (Fsp3) is 0.100. The van der Waals surface area contributed by atoms with Crippen LogP contribution >= 0.6 is 11.6 Å². The van der Waals surface area contributed by atoms with Gasteiger partial charge in [0, 0.05) is 0 Å². The number of carboxylic acid groups (broad SMARTS) is 1. The molecule has 2 aromatic rings. The molecule has 0 bridgehead atoms. The van der Waals surface area contributed by atoms with Crippen LogP contribution in [0.5, 0.6) is 5.75 Å². The SMILES string of the molecule is CCOc1ccc(C=C2C(=O)NC(=O)N(c3ccccc3Cl)C2=O)cc1C(=O)O. The third-order valence-corrected chi connectivity index (χ3v) is 4.36. The number of nitrogens with zero attached hydrogens (tertiary/aromatic N) is 1. The fourth-order valence-corrected chi connectivity index (χ4v) is 2.98. The molecule has 0 unspecified atom stereocenters. The summed E-state index contributed by atoms with van der Waals surface area (Å²) in [5.41, 5.74) is -0.0697. The van der Waals surface area contributed by atoms with Crippen molar-refractivity contribution >= 4 is 47.2 Å². The smallest absolute Gasteiger partial charge is 0.339 e. The van der Waals surface area contributed by atoms with Crippen molar-refractivity contribution in [2.45, 2.75) is 6.92 Å². The van der Waals surface area contributed by atoms with Crippen molar-refractivity contribution < 1.29 is 29.0 Å². The Balaban J connectivity index is 2.04. The van der Waals surface area contributed by atoms with Gasteiger partial charge < -0.3 is 9.84 Å². The molecule has 0 radical (unpaired) electrons. The molecule has 0 spiro atoms. The van der Waals surface area contributed by atoms with Crippen molar-refractivity contribution in [3.8, 4) is 5.75 Å². The zero-order valence-electron chi connectivity index (χ0n) is 15.1. The van der Waals surface area contributed by atoms with Crippen LogP contribution in [-0.2, 0) is 9.59 Å². The molecule has 1 aliphatic rings. The van der Waals surface area contributed by atoms with Crippen LogP contribution < -0.4 is 15.0 Å². The Morgan fingerprint density at radius 2 is 1.93 bits per heavy atom. The lowest BCUT2D eigenvalue weighted by Crippen LogP contribution is -2.54. The third kappa shape index (κ3) is 3.97. The summed E-state index contributed by atoms with van der Waals surface area (Å²) in [5.74, 6) is -2.83. The number of rotatable bonds is 5. The number of hydrogen-bond donors (Lipinski definition) is 2. The summed E-state index contributed by atoms with van der Waals surface area (Å²) < 4.78 is 5.27. The minimum absolute atomic E-state index is 0.119. The van der Waals surface area contributed by atoms with E-state index in [1.54, 1.807) is 19.1 Å². The first kappa shape index (κ1) is 20.1. The number of amides is 4. The Bertz CT molecular complexity index is 1060. The van der Waals surface area contributed by atoms with Crippen molar-refractivity contribution in [2.24, 2.45) is 0 Å². The van der Waals surface area contributed by atoms with Crippen molar-refractivity contribution in [1.82, 2.24) is 5.32 Å². The zero-order valence-corrected chi connectivity index (χ0v) is 15.9. The Morgan fingerprint density at radius 1 is 1.21 bits per heavy atom. The second kappa shape index (κ2) is 8.15. The van der Waals surface area contributed by atoms with Gasteiger partial charge in [-0.2, -0.15) is 0 Å². The number of nitrogens with one attached hydrogen (secondary N) is 1. The van der Waals surface area contributed by atoms with E-state index in [9.17, 15) is 24.3 Å². The molecule has 2 aromatic carbocycles. The maximum atomic E-state index is 12.9. The monoisotopic (exact) mass is 414 g/mol. The van der Waals surface area contributed by atoms with Crippen molar-refractivity contribution in [3.05, 3.63) is 64.2 Å². The van der Waals surface area contributed by atoms with Crippen LogP contribution in [0.1, 0.15) is 22.8 Å². The highest BCUT2D eigenvalue weighted by atomic mass is 35.5. The van der Waals surface area contributed by atoms with Gasteiger partial charge in [0.2, 0.25) is 0 Å². The number of carboxylic acids is 1. The van der Waals surface area contributed by atoms with Crippen LogP contribution in [0.25, 0.3) is 6.08 Å². The van der Waals surface area contributed by atoms with E-state index in [1.165, 1.54) is 36.4 Å². The lowest BCUT2D eigenvalue weighted by atomic mass is 10.0. The highest BCUT2D eigenvalue weighted by Gasteiger charge is 2.37. The molecular formula is C20H15ClN2O6. The fourth-order valence-electron chi connectivity index (χ4n) is 2.76. The maximum Gasteiger partial charge on any atom is 0.339 e. The molecule has 0 atom stereocenters. The lowest BCUT2D eigenvalue weighted by molar-refractivity contribution is -0.122.